The monoisotopic (exact) mass is 291 g/mol. The molecule has 3 rings (SSSR count). The maximum Gasteiger partial charge on any atom is 0.254 e. The molecular formula is C15H25N5O. The van der Waals surface area contributed by atoms with E-state index < -0.39 is 0 Å². The predicted octanol–water partition coefficient (Wildman–Crippen LogP) is 0.700. The lowest BCUT2D eigenvalue weighted by Crippen LogP contribution is -2.59. The molecule has 1 aliphatic carbocycles. The highest BCUT2D eigenvalue weighted by Gasteiger charge is 2.40. The number of hydrogen-bond acceptors (Lipinski definition) is 4. The third-order valence-electron chi connectivity index (χ3n) is 5.05. The number of aromatic nitrogens is 2. The fourth-order valence-electron chi connectivity index (χ4n) is 3.64. The zero-order valence-electron chi connectivity index (χ0n) is 12.8. The van der Waals surface area contributed by atoms with Gasteiger partial charge in [0.25, 0.3) is 5.91 Å². The van der Waals surface area contributed by atoms with Crippen molar-refractivity contribution in [1.82, 2.24) is 25.3 Å². The van der Waals surface area contributed by atoms with Gasteiger partial charge in [0, 0.05) is 44.5 Å². The Morgan fingerprint density at radius 2 is 2.05 bits per heavy atom. The van der Waals surface area contributed by atoms with Crippen LogP contribution in [0, 0.1) is 0 Å². The van der Waals surface area contributed by atoms with E-state index >= 15 is 0 Å². The Labute approximate surface area is 125 Å². The van der Waals surface area contributed by atoms with Crippen LogP contribution >= 0.6 is 0 Å². The average Bonchev–Trinajstić information content (AvgIpc) is 3.18. The van der Waals surface area contributed by atoms with Gasteiger partial charge >= 0.3 is 0 Å². The normalized spacial score (nSPS) is 23.3. The van der Waals surface area contributed by atoms with Gasteiger partial charge in [0.15, 0.2) is 0 Å². The van der Waals surface area contributed by atoms with E-state index in [2.05, 4.69) is 32.4 Å². The van der Waals surface area contributed by atoms with Crippen LogP contribution in [0.5, 0.6) is 0 Å². The Morgan fingerprint density at radius 3 is 2.67 bits per heavy atom. The van der Waals surface area contributed by atoms with E-state index in [9.17, 15) is 4.79 Å². The fraction of sp³-hybridized carbons (Fsp3) is 0.733. The van der Waals surface area contributed by atoms with E-state index in [1.807, 2.05) is 0 Å². The van der Waals surface area contributed by atoms with Crippen molar-refractivity contribution < 1.29 is 4.79 Å². The Kier molecular flexibility index (Phi) is 4.26. The Morgan fingerprint density at radius 1 is 1.33 bits per heavy atom. The smallest absolute Gasteiger partial charge is 0.254 e. The summed E-state index contributed by atoms with van der Waals surface area (Å²) in [6, 6.07) is 0. The number of amides is 1. The minimum absolute atomic E-state index is 0.0239. The largest absolute Gasteiger partial charge is 0.350 e. The van der Waals surface area contributed by atoms with Crippen LogP contribution in [0.2, 0.25) is 0 Å². The second-order valence-electron chi connectivity index (χ2n) is 6.39. The molecule has 1 aromatic heterocycles. The molecule has 0 radical (unpaired) electrons. The van der Waals surface area contributed by atoms with Crippen molar-refractivity contribution in [1.29, 1.82) is 0 Å². The number of hydrogen-bond donors (Lipinski definition) is 2. The standard InChI is InChI=1S/C15H25N5O/c1-19-6-8-20(9-7-19)15(4-2-3-5-15)12-16-14(21)13-10-17-18-11-13/h10-11H,2-9,12H2,1H3,(H,16,21)(H,17,18). The third kappa shape index (κ3) is 3.11. The van der Waals surface area contributed by atoms with Gasteiger partial charge in [-0.25, -0.2) is 0 Å². The first-order valence-corrected chi connectivity index (χ1v) is 7.90. The number of piperazine rings is 1. The average molecular weight is 291 g/mol. The molecule has 6 nitrogen and oxygen atoms in total. The fourth-order valence-corrected chi connectivity index (χ4v) is 3.64. The van der Waals surface area contributed by atoms with Gasteiger partial charge in [-0.2, -0.15) is 5.10 Å². The molecule has 1 aliphatic heterocycles. The summed E-state index contributed by atoms with van der Waals surface area (Å²) in [5, 5.41) is 9.65. The lowest BCUT2D eigenvalue weighted by molar-refractivity contribution is 0.0414. The SMILES string of the molecule is CN1CCN(C2(CNC(=O)c3cn[nH]c3)CCCC2)CC1. The zero-order valence-corrected chi connectivity index (χ0v) is 12.8. The highest BCUT2D eigenvalue weighted by atomic mass is 16.1. The summed E-state index contributed by atoms with van der Waals surface area (Å²) in [7, 11) is 2.18. The van der Waals surface area contributed by atoms with Gasteiger partial charge in [-0.1, -0.05) is 12.8 Å². The quantitative estimate of drug-likeness (QED) is 0.857. The van der Waals surface area contributed by atoms with Gasteiger partial charge in [0.05, 0.1) is 11.8 Å². The first kappa shape index (κ1) is 14.5. The van der Waals surface area contributed by atoms with Crippen LogP contribution in [0.1, 0.15) is 36.0 Å². The van der Waals surface area contributed by atoms with Crippen molar-refractivity contribution in [2.24, 2.45) is 0 Å². The number of carbonyl (C=O) groups is 1. The molecule has 0 atom stereocenters. The molecule has 1 amide bonds. The van der Waals surface area contributed by atoms with Crippen molar-refractivity contribution >= 4 is 5.91 Å². The number of rotatable bonds is 4. The number of carbonyl (C=O) groups excluding carboxylic acids is 1. The Balaban J connectivity index is 1.63. The summed E-state index contributed by atoms with van der Waals surface area (Å²) in [5.41, 5.74) is 0.780. The van der Waals surface area contributed by atoms with Crippen molar-refractivity contribution in [2.45, 2.75) is 31.2 Å². The summed E-state index contributed by atoms with van der Waals surface area (Å²) >= 11 is 0. The molecule has 1 saturated heterocycles. The molecule has 1 saturated carbocycles. The molecule has 0 unspecified atom stereocenters. The van der Waals surface area contributed by atoms with Crippen LogP contribution < -0.4 is 5.32 Å². The summed E-state index contributed by atoms with van der Waals surface area (Å²) in [6.45, 7) is 5.21. The predicted molar refractivity (Wildman–Crippen MR) is 81.2 cm³/mol. The van der Waals surface area contributed by atoms with Crippen LogP contribution in [0.15, 0.2) is 12.4 Å². The number of nitrogens with one attached hydrogen (secondary N) is 2. The minimum atomic E-state index is -0.0239. The van der Waals surface area contributed by atoms with Crippen molar-refractivity contribution in [3.05, 3.63) is 18.0 Å². The maximum absolute atomic E-state index is 12.1. The zero-order chi connectivity index (χ0) is 14.7. The van der Waals surface area contributed by atoms with Gasteiger partial charge in [0.2, 0.25) is 0 Å². The van der Waals surface area contributed by atoms with E-state index in [0.717, 1.165) is 32.7 Å². The van der Waals surface area contributed by atoms with Crippen LogP contribution in [0.4, 0.5) is 0 Å². The van der Waals surface area contributed by atoms with Crippen molar-refractivity contribution in [2.75, 3.05) is 39.8 Å². The first-order valence-electron chi connectivity index (χ1n) is 7.90. The van der Waals surface area contributed by atoms with Crippen molar-refractivity contribution in [3.63, 3.8) is 0 Å². The van der Waals surface area contributed by atoms with E-state index in [4.69, 9.17) is 0 Å². The Bertz CT molecular complexity index is 458. The van der Waals surface area contributed by atoms with Gasteiger partial charge in [0.1, 0.15) is 0 Å². The summed E-state index contributed by atoms with van der Waals surface area (Å²) in [6.07, 6.45) is 8.16. The maximum atomic E-state index is 12.1. The van der Waals surface area contributed by atoms with E-state index in [1.165, 1.54) is 25.7 Å². The summed E-state index contributed by atoms with van der Waals surface area (Å²) < 4.78 is 0. The van der Waals surface area contributed by atoms with E-state index in [1.54, 1.807) is 12.4 Å². The second-order valence-corrected chi connectivity index (χ2v) is 6.39. The third-order valence-corrected chi connectivity index (χ3v) is 5.05. The van der Waals surface area contributed by atoms with Gasteiger partial charge in [-0.15, -0.1) is 0 Å². The minimum Gasteiger partial charge on any atom is -0.350 e. The first-order chi connectivity index (χ1) is 10.2. The molecule has 2 N–H and O–H groups in total. The highest BCUT2D eigenvalue weighted by Crippen LogP contribution is 2.35. The van der Waals surface area contributed by atoms with Crippen LogP contribution in [0.25, 0.3) is 0 Å². The molecule has 2 fully saturated rings. The molecule has 0 aromatic carbocycles. The van der Waals surface area contributed by atoms with Crippen LogP contribution in [-0.4, -0.2) is 71.2 Å². The highest BCUT2D eigenvalue weighted by molar-refractivity contribution is 5.93. The summed E-state index contributed by atoms with van der Waals surface area (Å²) in [4.78, 5) is 17.1. The van der Waals surface area contributed by atoms with E-state index in [0.29, 0.717) is 5.56 Å². The lowest BCUT2D eigenvalue weighted by Gasteiger charge is -2.45. The number of likely N-dealkylation sites (N-methyl/N-ethyl adjacent to an activating group) is 1. The molecule has 2 heterocycles. The molecule has 2 aliphatic rings. The molecule has 6 heteroatoms. The molecule has 0 spiro atoms. The number of H-pyrrole nitrogens is 1. The molecule has 116 valence electrons. The van der Waals surface area contributed by atoms with Crippen molar-refractivity contribution in [3.8, 4) is 0 Å². The molecule has 1 aromatic rings. The number of aromatic amines is 1. The van der Waals surface area contributed by atoms with Gasteiger partial charge in [-0.3, -0.25) is 14.8 Å². The Hall–Kier alpha value is -1.40. The summed E-state index contributed by atoms with van der Waals surface area (Å²) in [5.74, 6) is -0.0239. The van der Waals surface area contributed by atoms with Gasteiger partial charge in [-0.05, 0) is 19.9 Å². The topological polar surface area (TPSA) is 64.3 Å². The lowest BCUT2D eigenvalue weighted by atomic mass is 9.93. The molecule has 0 bridgehead atoms. The number of nitrogens with zero attached hydrogens (tertiary/aromatic N) is 3. The second kappa shape index (κ2) is 6.15. The van der Waals surface area contributed by atoms with Gasteiger partial charge < -0.3 is 10.2 Å². The van der Waals surface area contributed by atoms with E-state index in [-0.39, 0.29) is 11.4 Å². The molecule has 21 heavy (non-hydrogen) atoms. The van der Waals surface area contributed by atoms with Crippen LogP contribution in [0.3, 0.4) is 0 Å². The van der Waals surface area contributed by atoms with Crippen LogP contribution in [-0.2, 0) is 0 Å². The molecular weight excluding hydrogens is 266 g/mol.